The third-order valence-corrected chi connectivity index (χ3v) is 10.9. The Morgan fingerprint density at radius 2 is 1.72 bits per heavy atom. The van der Waals surface area contributed by atoms with E-state index in [0.29, 0.717) is 6.42 Å². The van der Waals surface area contributed by atoms with Gasteiger partial charge in [-0.15, -0.1) is 0 Å². The third-order valence-electron chi connectivity index (χ3n) is 9.55. The largest absolute Gasteiger partial charge is 0.469 e. The predicted octanol–water partition coefficient (Wildman–Crippen LogP) is 7.16. The van der Waals surface area contributed by atoms with Crippen LogP contribution >= 0.6 is 11.8 Å². The molecule has 9 heteroatoms. The zero-order valence-corrected chi connectivity index (χ0v) is 26.7. The lowest BCUT2D eigenvalue weighted by Crippen LogP contribution is -2.09. The molecule has 3 aliphatic rings. The normalized spacial score (nSPS) is 21.8. The first-order valence-corrected chi connectivity index (χ1v) is 16.2. The van der Waals surface area contributed by atoms with E-state index in [9.17, 15) is 14.7 Å². The molecule has 0 fully saturated rings. The Balaban J connectivity index is 1.72. The van der Waals surface area contributed by atoms with Gasteiger partial charge in [0.05, 0.1) is 35.4 Å². The van der Waals surface area contributed by atoms with Crippen LogP contribution in [0.2, 0.25) is 0 Å². The average Bonchev–Trinajstić information content (AvgIpc) is 3.71. The van der Waals surface area contributed by atoms with E-state index in [4.69, 9.17) is 14.7 Å². The van der Waals surface area contributed by atoms with Crippen molar-refractivity contribution in [3.63, 3.8) is 0 Å². The molecule has 0 radical (unpaired) electrons. The molecule has 0 amide bonds. The Bertz CT molecular complexity index is 1800. The Morgan fingerprint density at radius 1 is 1.05 bits per heavy atom. The Labute approximate surface area is 256 Å². The molecule has 0 aromatic carbocycles. The first kappa shape index (κ1) is 29.6. The number of Topliss-reactive ketones (excluding diaryl/α,β-unsaturated/α-hetero) is 1. The summed E-state index contributed by atoms with van der Waals surface area (Å²) in [6, 6.07) is 6.26. The molecular weight excluding hydrogens is 560 g/mol. The summed E-state index contributed by atoms with van der Waals surface area (Å²) in [6.45, 7) is 12.3. The van der Waals surface area contributed by atoms with Gasteiger partial charge in [-0.05, 0) is 62.3 Å². The average molecular weight is 601 g/mol. The van der Waals surface area contributed by atoms with Gasteiger partial charge in [0.1, 0.15) is 0 Å². The van der Waals surface area contributed by atoms with Gasteiger partial charge in [-0.2, -0.15) is 11.8 Å². The van der Waals surface area contributed by atoms with Crippen molar-refractivity contribution in [1.82, 2.24) is 19.9 Å². The second-order valence-corrected chi connectivity index (χ2v) is 13.6. The molecule has 3 aromatic rings. The number of thioether (sulfide) groups is 1. The lowest BCUT2D eigenvalue weighted by molar-refractivity contribution is -0.140. The number of carbonyl (C=O) groups excluding carboxylic acids is 2. The molecule has 2 aliphatic heterocycles. The Kier molecular flexibility index (Phi) is 7.75. The van der Waals surface area contributed by atoms with Crippen LogP contribution in [0.3, 0.4) is 0 Å². The molecule has 5 atom stereocenters. The topological polar surface area (TPSA) is 121 Å². The van der Waals surface area contributed by atoms with E-state index in [-0.39, 0.29) is 47.6 Å². The number of aromatic amines is 2. The molecule has 226 valence electrons. The van der Waals surface area contributed by atoms with E-state index < -0.39 is 6.10 Å². The molecule has 8 bridgehead atoms. The Hall–Kier alpha value is -3.43. The first-order valence-electron chi connectivity index (χ1n) is 15.2. The number of esters is 1. The number of ether oxygens (including phenoxy) is 1. The van der Waals surface area contributed by atoms with Crippen molar-refractivity contribution in [2.45, 2.75) is 89.9 Å². The van der Waals surface area contributed by atoms with Crippen molar-refractivity contribution in [2.24, 2.45) is 0 Å². The molecule has 0 spiro atoms. The summed E-state index contributed by atoms with van der Waals surface area (Å²) in [6.07, 6.45) is 0.456. The summed E-state index contributed by atoms with van der Waals surface area (Å²) in [4.78, 5) is 43.2. The highest BCUT2D eigenvalue weighted by molar-refractivity contribution is 7.99. The van der Waals surface area contributed by atoms with Crippen LogP contribution in [0.15, 0.2) is 18.2 Å². The molecule has 3 aromatic heterocycles. The van der Waals surface area contributed by atoms with Gasteiger partial charge in [-0.25, -0.2) is 0 Å². The van der Waals surface area contributed by atoms with Gasteiger partial charge in [0.25, 0.3) is 0 Å². The maximum Gasteiger partial charge on any atom is 0.305 e. The van der Waals surface area contributed by atoms with E-state index in [1.807, 2.05) is 25.6 Å². The van der Waals surface area contributed by atoms with Crippen LogP contribution in [0.1, 0.15) is 125 Å². The van der Waals surface area contributed by atoms with Gasteiger partial charge in [0.15, 0.2) is 5.78 Å². The highest BCUT2D eigenvalue weighted by atomic mass is 32.2. The highest BCUT2D eigenvalue weighted by Gasteiger charge is 2.36. The number of carbonyl (C=O) groups is 2. The lowest BCUT2D eigenvalue weighted by atomic mass is 9.85. The van der Waals surface area contributed by atoms with Crippen molar-refractivity contribution < 1.29 is 19.4 Å². The molecule has 2 unspecified atom stereocenters. The quantitative estimate of drug-likeness (QED) is 0.257. The smallest absolute Gasteiger partial charge is 0.305 e. The van der Waals surface area contributed by atoms with E-state index in [1.54, 1.807) is 6.92 Å². The Morgan fingerprint density at radius 3 is 2.42 bits per heavy atom. The van der Waals surface area contributed by atoms with Crippen LogP contribution in [0, 0.1) is 13.8 Å². The molecular formula is C34H40N4O4S. The summed E-state index contributed by atoms with van der Waals surface area (Å²) < 4.78 is 4.97. The molecule has 5 heterocycles. The van der Waals surface area contributed by atoms with E-state index >= 15 is 0 Å². The zero-order valence-electron chi connectivity index (χ0n) is 25.9. The fourth-order valence-electron chi connectivity index (χ4n) is 7.18. The summed E-state index contributed by atoms with van der Waals surface area (Å²) in [7, 11) is 1.41. The van der Waals surface area contributed by atoms with Gasteiger partial charge in [-0.3, -0.25) is 19.6 Å². The number of nitrogens with zero attached hydrogens (tertiary/aromatic N) is 2. The number of aryl methyl sites for hydroxylation is 2. The molecule has 8 nitrogen and oxygen atoms in total. The standard InChI is InChI=1S/C34H40N4O4S/c1-8-43-34-18(5)25-13-26-30(19(6)39)16(3)23(35-26)12-22-15(2)20(9-10-29(41)42-7)32(37-22)21-11-28(40)31-17(4)24(38-33(21)31)14-27(34)36-25/h12-15,18-20,34-35,38-39H,8-11H2,1-7H3/t15-,18-,19?,20-,34?/m0/s1. The number of methoxy groups -OCH3 is 1. The molecule has 1 aliphatic carbocycles. The maximum atomic E-state index is 13.5. The minimum Gasteiger partial charge on any atom is -0.469 e. The molecule has 0 saturated heterocycles. The van der Waals surface area contributed by atoms with Crippen molar-refractivity contribution in [3.8, 4) is 0 Å². The fraction of sp³-hybridized carbons (Fsp3) is 0.471. The second kappa shape index (κ2) is 11.2. The van der Waals surface area contributed by atoms with Gasteiger partial charge < -0.3 is 19.8 Å². The fourth-order valence-corrected chi connectivity index (χ4v) is 8.26. The summed E-state index contributed by atoms with van der Waals surface area (Å²) in [5.74, 6) is 0.915. The summed E-state index contributed by atoms with van der Waals surface area (Å²) in [5.41, 5.74) is 11.6. The van der Waals surface area contributed by atoms with Crippen molar-refractivity contribution >= 4 is 45.6 Å². The number of aliphatic hydroxyl groups is 1. The van der Waals surface area contributed by atoms with Gasteiger partial charge in [0.2, 0.25) is 0 Å². The van der Waals surface area contributed by atoms with E-state index in [0.717, 1.165) is 78.4 Å². The van der Waals surface area contributed by atoms with E-state index in [2.05, 4.69) is 48.9 Å². The number of ketones is 1. The maximum absolute atomic E-state index is 13.5. The van der Waals surface area contributed by atoms with Crippen molar-refractivity contribution in [2.75, 3.05) is 12.9 Å². The zero-order chi connectivity index (χ0) is 30.7. The minimum atomic E-state index is -0.670. The number of aromatic nitrogens is 4. The number of fused-ring (bicyclic) bond motifs is 8. The highest BCUT2D eigenvalue weighted by Crippen LogP contribution is 2.46. The minimum absolute atomic E-state index is 0.0111. The molecule has 6 rings (SSSR count). The number of rotatable bonds is 6. The summed E-state index contributed by atoms with van der Waals surface area (Å²) in [5, 5.41) is 11.0. The van der Waals surface area contributed by atoms with Gasteiger partial charge in [0, 0.05) is 75.2 Å². The first-order chi connectivity index (χ1) is 20.5. The lowest BCUT2D eigenvalue weighted by Gasteiger charge is -2.16. The number of H-pyrrole nitrogens is 2. The molecule has 3 N–H and O–H groups in total. The van der Waals surface area contributed by atoms with Crippen LogP contribution < -0.4 is 0 Å². The SMILES string of the molecule is CCSC1c2cc3[nH]c4c(c5nc(cc6[nH]c(cc(n2)[C@@H]1C)c(C(C)O)c6C)[C@@H](C)[C@@H]5CCC(=O)OC)CC(=O)c4c3C. The predicted molar refractivity (Wildman–Crippen MR) is 171 cm³/mol. The third kappa shape index (κ3) is 4.90. The van der Waals surface area contributed by atoms with Crippen molar-refractivity contribution in [3.05, 3.63) is 68.8 Å². The number of aliphatic hydroxyl groups excluding tert-OH is 1. The van der Waals surface area contributed by atoms with Crippen molar-refractivity contribution in [1.29, 1.82) is 0 Å². The number of nitrogens with one attached hydrogen (secondary N) is 2. The second-order valence-electron chi connectivity index (χ2n) is 12.2. The molecule has 0 saturated carbocycles. The van der Waals surface area contributed by atoms with Crippen LogP contribution in [-0.4, -0.2) is 49.7 Å². The van der Waals surface area contributed by atoms with E-state index in [1.165, 1.54) is 7.11 Å². The van der Waals surface area contributed by atoms with Gasteiger partial charge in [-0.1, -0.05) is 20.8 Å². The molecule has 43 heavy (non-hydrogen) atoms. The monoisotopic (exact) mass is 600 g/mol. The van der Waals surface area contributed by atoms with Crippen LogP contribution in [-0.2, 0) is 16.0 Å². The summed E-state index contributed by atoms with van der Waals surface area (Å²) >= 11 is 1.87. The van der Waals surface area contributed by atoms with Crippen LogP contribution in [0.25, 0.3) is 22.1 Å². The van der Waals surface area contributed by atoms with Gasteiger partial charge >= 0.3 is 5.97 Å². The van der Waals surface area contributed by atoms with Crippen LogP contribution in [0.4, 0.5) is 0 Å². The number of hydrogen-bond acceptors (Lipinski definition) is 7. The van der Waals surface area contributed by atoms with Crippen LogP contribution in [0.5, 0.6) is 0 Å². The number of hydrogen-bond donors (Lipinski definition) is 3.